The van der Waals surface area contributed by atoms with E-state index in [0.717, 1.165) is 50.9 Å². The highest BCUT2D eigenvalue weighted by Gasteiger charge is 2.31. The van der Waals surface area contributed by atoms with Gasteiger partial charge in [0.25, 0.3) is 5.91 Å². The molecule has 1 aliphatic heterocycles. The Morgan fingerprint density at radius 2 is 2.14 bits per heavy atom. The standard InChI is InChI=1S/C22H27N3O3/c1-24(14-16-6-2-3-11-23-16)17-7-5-12-25(13-10-17)22(27)18-15-28-20-9-4-8-19(26)21(18)20/h2-3,6,11,15,17H,4-5,7-10,12-14H2,1H3/t17-/m0/s1. The van der Waals surface area contributed by atoms with Gasteiger partial charge in [-0.05, 0) is 44.9 Å². The summed E-state index contributed by atoms with van der Waals surface area (Å²) >= 11 is 0. The summed E-state index contributed by atoms with van der Waals surface area (Å²) in [6.45, 7) is 2.23. The molecule has 6 heteroatoms. The Morgan fingerprint density at radius 1 is 1.25 bits per heavy atom. The Bertz CT molecular complexity index is 846. The third-order valence-corrected chi connectivity index (χ3v) is 5.93. The van der Waals surface area contributed by atoms with Crippen LogP contribution in [-0.4, -0.2) is 52.7 Å². The molecule has 2 aliphatic rings. The van der Waals surface area contributed by atoms with E-state index in [2.05, 4.69) is 16.9 Å². The number of ketones is 1. The van der Waals surface area contributed by atoms with Gasteiger partial charge in [-0.1, -0.05) is 6.07 Å². The summed E-state index contributed by atoms with van der Waals surface area (Å²) in [7, 11) is 2.13. The highest BCUT2D eigenvalue weighted by molar-refractivity contribution is 6.09. The van der Waals surface area contributed by atoms with Gasteiger partial charge in [-0.3, -0.25) is 19.5 Å². The number of nitrogens with zero attached hydrogens (tertiary/aromatic N) is 3. The van der Waals surface area contributed by atoms with Crippen LogP contribution in [0.1, 0.15) is 64.3 Å². The molecule has 1 fully saturated rings. The number of fused-ring (bicyclic) bond motifs is 1. The van der Waals surface area contributed by atoms with Crippen molar-refractivity contribution >= 4 is 11.7 Å². The van der Waals surface area contributed by atoms with E-state index >= 15 is 0 Å². The molecule has 2 aromatic rings. The highest BCUT2D eigenvalue weighted by atomic mass is 16.3. The van der Waals surface area contributed by atoms with E-state index in [-0.39, 0.29) is 11.7 Å². The fraction of sp³-hybridized carbons (Fsp3) is 0.500. The molecule has 0 N–H and O–H groups in total. The van der Waals surface area contributed by atoms with E-state index < -0.39 is 0 Å². The molecule has 1 saturated heterocycles. The van der Waals surface area contributed by atoms with Crippen LogP contribution in [0.5, 0.6) is 0 Å². The molecule has 1 aliphatic carbocycles. The van der Waals surface area contributed by atoms with Crippen molar-refractivity contribution in [2.45, 2.75) is 51.1 Å². The largest absolute Gasteiger partial charge is 0.468 e. The van der Waals surface area contributed by atoms with Gasteiger partial charge < -0.3 is 9.32 Å². The van der Waals surface area contributed by atoms with Crippen molar-refractivity contribution in [3.05, 3.63) is 53.2 Å². The molecule has 148 valence electrons. The van der Waals surface area contributed by atoms with Gasteiger partial charge in [-0.15, -0.1) is 0 Å². The van der Waals surface area contributed by atoms with Crippen LogP contribution >= 0.6 is 0 Å². The second-order valence-electron chi connectivity index (χ2n) is 7.84. The van der Waals surface area contributed by atoms with Gasteiger partial charge in [-0.2, -0.15) is 0 Å². The molecule has 0 bridgehead atoms. The van der Waals surface area contributed by atoms with Gasteiger partial charge in [0.05, 0.1) is 16.8 Å². The van der Waals surface area contributed by atoms with E-state index in [0.29, 0.717) is 35.9 Å². The van der Waals surface area contributed by atoms with Crippen molar-refractivity contribution in [3.63, 3.8) is 0 Å². The number of aryl methyl sites for hydroxylation is 1. The Labute approximate surface area is 165 Å². The summed E-state index contributed by atoms with van der Waals surface area (Å²) in [5, 5.41) is 0. The third-order valence-electron chi connectivity index (χ3n) is 5.93. The lowest BCUT2D eigenvalue weighted by molar-refractivity contribution is 0.0751. The second-order valence-corrected chi connectivity index (χ2v) is 7.84. The Balaban J connectivity index is 1.41. The summed E-state index contributed by atoms with van der Waals surface area (Å²) in [6, 6.07) is 6.40. The van der Waals surface area contributed by atoms with Crippen LogP contribution in [-0.2, 0) is 13.0 Å². The predicted octanol–water partition coefficient (Wildman–Crippen LogP) is 3.32. The number of likely N-dealkylation sites (tertiary alicyclic amines) is 1. The number of hydrogen-bond donors (Lipinski definition) is 0. The lowest BCUT2D eigenvalue weighted by Gasteiger charge is -2.27. The van der Waals surface area contributed by atoms with E-state index in [1.165, 1.54) is 6.26 Å². The molecule has 4 rings (SSSR count). The highest BCUT2D eigenvalue weighted by Crippen LogP contribution is 2.28. The lowest BCUT2D eigenvalue weighted by atomic mass is 9.93. The molecule has 0 radical (unpaired) electrons. The fourth-order valence-electron chi connectivity index (χ4n) is 4.35. The monoisotopic (exact) mass is 381 g/mol. The zero-order valence-electron chi connectivity index (χ0n) is 16.4. The zero-order chi connectivity index (χ0) is 19.5. The number of rotatable bonds is 4. The van der Waals surface area contributed by atoms with Crippen LogP contribution in [0.15, 0.2) is 35.1 Å². The predicted molar refractivity (Wildman–Crippen MR) is 105 cm³/mol. The molecule has 1 amide bonds. The molecule has 1 atom stereocenters. The van der Waals surface area contributed by atoms with Crippen molar-refractivity contribution < 1.29 is 14.0 Å². The molecular weight excluding hydrogens is 354 g/mol. The summed E-state index contributed by atoms with van der Waals surface area (Å²) in [5.41, 5.74) is 2.05. The normalized spacial score (nSPS) is 20.1. The van der Waals surface area contributed by atoms with E-state index in [4.69, 9.17) is 4.42 Å². The molecule has 28 heavy (non-hydrogen) atoms. The average Bonchev–Trinajstić information content (AvgIpc) is 2.99. The molecule has 0 unspecified atom stereocenters. The quantitative estimate of drug-likeness (QED) is 0.813. The number of hydrogen-bond acceptors (Lipinski definition) is 5. The molecule has 6 nitrogen and oxygen atoms in total. The first-order valence-electron chi connectivity index (χ1n) is 10.2. The molecule has 2 aromatic heterocycles. The maximum Gasteiger partial charge on any atom is 0.257 e. The number of carbonyl (C=O) groups is 2. The average molecular weight is 381 g/mol. The smallest absolute Gasteiger partial charge is 0.257 e. The summed E-state index contributed by atoms with van der Waals surface area (Å²) < 4.78 is 5.54. The summed E-state index contributed by atoms with van der Waals surface area (Å²) in [4.78, 5) is 34.0. The number of pyridine rings is 1. The first-order valence-corrected chi connectivity index (χ1v) is 10.2. The third kappa shape index (κ3) is 3.87. The maximum atomic E-state index is 13.1. The van der Waals surface area contributed by atoms with Crippen molar-refractivity contribution in [2.75, 3.05) is 20.1 Å². The van der Waals surface area contributed by atoms with Gasteiger partial charge in [0, 0.05) is 44.7 Å². The summed E-state index contributed by atoms with van der Waals surface area (Å²) in [6.07, 6.45) is 8.30. The van der Waals surface area contributed by atoms with Gasteiger partial charge in [0.1, 0.15) is 12.0 Å². The van der Waals surface area contributed by atoms with Crippen molar-refractivity contribution in [3.8, 4) is 0 Å². The first kappa shape index (κ1) is 18.9. The molecule has 0 spiro atoms. The van der Waals surface area contributed by atoms with Crippen LogP contribution in [0.4, 0.5) is 0 Å². The van der Waals surface area contributed by atoms with Gasteiger partial charge in [0.2, 0.25) is 0 Å². The number of amides is 1. The van der Waals surface area contributed by atoms with E-state index in [1.807, 2.05) is 29.3 Å². The number of Topliss-reactive ketones (excluding diaryl/α,β-unsaturated/α-hetero) is 1. The first-order chi connectivity index (χ1) is 13.6. The summed E-state index contributed by atoms with van der Waals surface area (Å²) in [5.74, 6) is 0.664. The van der Waals surface area contributed by atoms with Gasteiger partial charge in [0.15, 0.2) is 5.78 Å². The van der Waals surface area contributed by atoms with E-state index in [1.54, 1.807) is 0 Å². The fourth-order valence-corrected chi connectivity index (χ4v) is 4.35. The van der Waals surface area contributed by atoms with Crippen molar-refractivity contribution in [1.82, 2.24) is 14.8 Å². The lowest BCUT2D eigenvalue weighted by Crippen LogP contribution is -2.35. The number of carbonyl (C=O) groups excluding carboxylic acids is 2. The van der Waals surface area contributed by atoms with Gasteiger partial charge >= 0.3 is 0 Å². The molecule has 0 saturated carbocycles. The number of aromatic nitrogens is 1. The van der Waals surface area contributed by atoms with E-state index in [9.17, 15) is 9.59 Å². The topological polar surface area (TPSA) is 66.7 Å². The van der Waals surface area contributed by atoms with Crippen molar-refractivity contribution in [2.24, 2.45) is 0 Å². The number of furan rings is 1. The Kier molecular flexibility index (Phi) is 5.57. The van der Waals surface area contributed by atoms with Crippen LogP contribution < -0.4 is 0 Å². The molecule has 0 aromatic carbocycles. The van der Waals surface area contributed by atoms with Crippen LogP contribution in [0.3, 0.4) is 0 Å². The molecule has 3 heterocycles. The van der Waals surface area contributed by atoms with Crippen LogP contribution in [0.25, 0.3) is 0 Å². The SMILES string of the molecule is CN(Cc1ccccn1)[C@H]1CCCN(C(=O)c2coc3c2C(=O)CCC3)CC1. The minimum Gasteiger partial charge on any atom is -0.468 e. The van der Waals surface area contributed by atoms with Crippen LogP contribution in [0.2, 0.25) is 0 Å². The molecular formula is C22H27N3O3. The van der Waals surface area contributed by atoms with Crippen LogP contribution in [0, 0.1) is 0 Å². The second kappa shape index (κ2) is 8.27. The Morgan fingerprint density at radius 3 is 2.96 bits per heavy atom. The van der Waals surface area contributed by atoms with Gasteiger partial charge in [-0.25, -0.2) is 0 Å². The Hall–Kier alpha value is -2.47. The van der Waals surface area contributed by atoms with Crippen molar-refractivity contribution in [1.29, 1.82) is 0 Å². The minimum atomic E-state index is -0.0618. The zero-order valence-corrected chi connectivity index (χ0v) is 16.4. The minimum absolute atomic E-state index is 0.0427. The maximum absolute atomic E-state index is 13.1.